The smallest absolute Gasteiger partial charge is 0.349 e. The Morgan fingerprint density at radius 1 is 1.29 bits per heavy atom. The van der Waals surface area contributed by atoms with Crippen LogP contribution in [-0.4, -0.2) is 18.6 Å². The number of carbonyl (C=O) groups is 1. The normalized spacial score (nSPS) is 15.4. The summed E-state index contributed by atoms with van der Waals surface area (Å²) >= 11 is 0. The quantitative estimate of drug-likeness (QED) is 0.850. The van der Waals surface area contributed by atoms with Gasteiger partial charge in [0.25, 0.3) is 5.91 Å². The Bertz CT molecular complexity index is 775. The number of hydrogen-bond acceptors (Lipinski definition) is 4. The van der Waals surface area contributed by atoms with Crippen LogP contribution in [0, 0.1) is 0 Å². The van der Waals surface area contributed by atoms with Gasteiger partial charge in [-0.05, 0) is 31.4 Å². The van der Waals surface area contributed by atoms with Crippen molar-refractivity contribution < 1.29 is 13.9 Å². The predicted octanol–water partition coefficient (Wildman–Crippen LogP) is 3.64. The summed E-state index contributed by atoms with van der Waals surface area (Å²) in [7, 11) is 0. The van der Waals surface area contributed by atoms with E-state index in [4.69, 9.17) is 9.15 Å². The van der Waals surface area contributed by atoms with E-state index < -0.39 is 5.63 Å². The Hall–Kier alpha value is -2.30. The molecule has 3 rings (SSSR count). The van der Waals surface area contributed by atoms with Crippen LogP contribution in [0.4, 0.5) is 0 Å². The van der Waals surface area contributed by atoms with Crippen molar-refractivity contribution in [1.82, 2.24) is 5.32 Å². The molecule has 1 aromatic carbocycles. The molecule has 0 atom stereocenters. The van der Waals surface area contributed by atoms with Gasteiger partial charge in [0.05, 0.1) is 6.61 Å². The summed E-state index contributed by atoms with van der Waals surface area (Å²) in [5.41, 5.74) is -0.172. The summed E-state index contributed by atoms with van der Waals surface area (Å²) < 4.78 is 11.0. The Labute approximate surface area is 141 Å². The first-order chi connectivity index (χ1) is 11.7. The molecule has 0 unspecified atom stereocenters. The monoisotopic (exact) mass is 329 g/mol. The van der Waals surface area contributed by atoms with E-state index in [-0.39, 0.29) is 17.5 Å². The lowest BCUT2D eigenvalue weighted by Crippen LogP contribution is -2.38. The lowest BCUT2D eigenvalue weighted by atomic mass is 9.95. The highest BCUT2D eigenvalue weighted by Crippen LogP contribution is 2.25. The average molecular weight is 329 g/mol. The Balaban J connectivity index is 1.87. The lowest BCUT2D eigenvalue weighted by Gasteiger charge is -2.22. The van der Waals surface area contributed by atoms with Crippen LogP contribution >= 0.6 is 0 Å². The van der Waals surface area contributed by atoms with Gasteiger partial charge in [-0.2, -0.15) is 0 Å². The van der Waals surface area contributed by atoms with Gasteiger partial charge in [-0.15, -0.1) is 0 Å². The summed E-state index contributed by atoms with van der Waals surface area (Å²) in [6.45, 7) is 2.56. The second-order valence-electron chi connectivity index (χ2n) is 6.28. The molecule has 5 nitrogen and oxygen atoms in total. The van der Waals surface area contributed by atoms with Crippen molar-refractivity contribution in [2.24, 2.45) is 0 Å². The molecular formula is C19H23NO4. The molecule has 1 N–H and O–H groups in total. The molecule has 2 aromatic rings. The number of para-hydroxylation sites is 1. The van der Waals surface area contributed by atoms with Crippen LogP contribution in [0.25, 0.3) is 11.0 Å². The first-order valence-corrected chi connectivity index (χ1v) is 8.69. The minimum Gasteiger partial charge on any atom is -0.490 e. The second kappa shape index (κ2) is 7.51. The van der Waals surface area contributed by atoms with E-state index in [2.05, 4.69) is 5.32 Å². The molecule has 0 saturated heterocycles. The van der Waals surface area contributed by atoms with Gasteiger partial charge in [-0.25, -0.2) is 4.79 Å². The van der Waals surface area contributed by atoms with E-state index >= 15 is 0 Å². The topological polar surface area (TPSA) is 68.5 Å². The molecule has 1 fully saturated rings. The van der Waals surface area contributed by atoms with Gasteiger partial charge in [0.15, 0.2) is 11.3 Å². The summed E-state index contributed by atoms with van der Waals surface area (Å²) in [5, 5.41) is 3.65. The van der Waals surface area contributed by atoms with Gasteiger partial charge >= 0.3 is 5.63 Å². The average Bonchev–Trinajstić information content (AvgIpc) is 2.60. The molecule has 0 aliphatic heterocycles. The van der Waals surface area contributed by atoms with Crippen LogP contribution in [0.1, 0.15) is 55.8 Å². The lowest BCUT2D eigenvalue weighted by molar-refractivity contribution is 0.0924. The van der Waals surface area contributed by atoms with E-state index in [9.17, 15) is 9.59 Å². The van der Waals surface area contributed by atoms with Crippen molar-refractivity contribution in [3.05, 3.63) is 40.2 Å². The number of benzene rings is 1. The fraction of sp³-hybridized carbons (Fsp3) is 0.474. The molecule has 1 amide bonds. The zero-order valence-electron chi connectivity index (χ0n) is 14.0. The number of ether oxygens (including phenoxy) is 1. The predicted molar refractivity (Wildman–Crippen MR) is 92.6 cm³/mol. The van der Waals surface area contributed by atoms with Gasteiger partial charge in [0.1, 0.15) is 5.56 Å². The zero-order valence-corrected chi connectivity index (χ0v) is 14.0. The fourth-order valence-electron chi connectivity index (χ4n) is 3.11. The zero-order chi connectivity index (χ0) is 16.9. The Morgan fingerprint density at radius 3 is 2.83 bits per heavy atom. The van der Waals surface area contributed by atoms with Crippen molar-refractivity contribution >= 4 is 16.9 Å². The van der Waals surface area contributed by atoms with Crippen molar-refractivity contribution in [3.63, 3.8) is 0 Å². The Morgan fingerprint density at radius 2 is 2.08 bits per heavy atom. The van der Waals surface area contributed by atoms with E-state index in [0.29, 0.717) is 23.3 Å². The molecule has 1 aromatic heterocycles. The summed E-state index contributed by atoms with van der Waals surface area (Å²) in [5.74, 6) is 0.183. The Kier molecular flexibility index (Phi) is 5.18. The molecule has 1 saturated carbocycles. The van der Waals surface area contributed by atoms with E-state index in [1.807, 2.05) is 19.1 Å². The van der Waals surface area contributed by atoms with Crippen LogP contribution in [0.15, 0.2) is 33.5 Å². The number of amides is 1. The number of hydrogen-bond donors (Lipinski definition) is 1. The first kappa shape index (κ1) is 16.6. The largest absolute Gasteiger partial charge is 0.490 e. The van der Waals surface area contributed by atoms with Gasteiger partial charge < -0.3 is 14.5 Å². The molecule has 5 heteroatoms. The third-order valence-corrected chi connectivity index (χ3v) is 4.37. The van der Waals surface area contributed by atoms with E-state index in [0.717, 1.165) is 32.1 Å². The fourth-order valence-corrected chi connectivity index (χ4v) is 3.11. The number of rotatable bonds is 5. The maximum absolute atomic E-state index is 12.4. The highest BCUT2D eigenvalue weighted by Gasteiger charge is 2.20. The van der Waals surface area contributed by atoms with Crippen LogP contribution in [0.5, 0.6) is 5.75 Å². The highest BCUT2D eigenvalue weighted by molar-refractivity contribution is 5.97. The molecular weight excluding hydrogens is 306 g/mol. The summed E-state index contributed by atoms with van der Waals surface area (Å²) in [4.78, 5) is 24.7. The molecule has 1 heterocycles. The van der Waals surface area contributed by atoms with Gasteiger partial charge in [0.2, 0.25) is 0 Å². The summed E-state index contributed by atoms with van der Waals surface area (Å²) in [6, 6.07) is 7.16. The molecule has 128 valence electrons. The SMILES string of the molecule is CCCOc1cccc2cc(C(=O)NC3CCCCC3)c(=O)oc12. The van der Waals surface area contributed by atoms with E-state index in [1.54, 1.807) is 12.1 Å². The van der Waals surface area contributed by atoms with Crippen molar-refractivity contribution in [3.8, 4) is 5.75 Å². The minimum atomic E-state index is -0.622. The van der Waals surface area contributed by atoms with Crippen LogP contribution in [0.3, 0.4) is 0 Å². The van der Waals surface area contributed by atoms with Crippen LogP contribution in [0.2, 0.25) is 0 Å². The highest BCUT2D eigenvalue weighted by atomic mass is 16.5. The molecule has 0 spiro atoms. The van der Waals surface area contributed by atoms with Crippen LogP contribution < -0.4 is 15.7 Å². The number of nitrogens with one attached hydrogen (secondary N) is 1. The van der Waals surface area contributed by atoms with Gasteiger partial charge in [0, 0.05) is 11.4 Å². The third kappa shape index (κ3) is 3.61. The molecule has 1 aliphatic rings. The summed E-state index contributed by atoms with van der Waals surface area (Å²) in [6.07, 6.45) is 6.26. The minimum absolute atomic E-state index is 0.0562. The standard InChI is InChI=1S/C19H23NO4/c1-2-11-23-16-10-6-7-13-12-15(19(22)24-17(13)16)18(21)20-14-8-4-3-5-9-14/h6-7,10,12,14H,2-5,8-9,11H2,1H3,(H,20,21). The number of carbonyl (C=O) groups excluding carboxylic acids is 1. The molecule has 0 bridgehead atoms. The molecule has 1 aliphatic carbocycles. The first-order valence-electron chi connectivity index (χ1n) is 8.69. The van der Waals surface area contributed by atoms with Gasteiger partial charge in [-0.3, -0.25) is 4.79 Å². The third-order valence-electron chi connectivity index (χ3n) is 4.37. The van der Waals surface area contributed by atoms with E-state index in [1.165, 1.54) is 6.42 Å². The maximum Gasteiger partial charge on any atom is 0.349 e. The molecule has 24 heavy (non-hydrogen) atoms. The van der Waals surface area contributed by atoms with Gasteiger partial charge in [-0.1, -0.05) is 38.3 Å². The second-order valence-corrected chi connectivity index (χ2v) is 6.28. The van der Waals surface area contributed by atoms with Crippen molar-refractivity contribution in [1.29, 1.82) is 0 Å². The molecule has 0 radical (unpaired) electrons. The van der Waals surface area contributed by atoms with Crippen molar-refractivity contribution in [2.45, 2.75) is 51.5 Å². The number of fused-ring (bicyclic) bond motifs is 1. The maximum atomic E-state index is 12.4. The van der Waals surface area contributed by atoms with Crippen molar-refractivity contribution in [2.75, 3.05) is 6.61 Å². The van der Waals surface area contributed by atoms with Crippen LogP contribution in [-0.2, 0) is 0 Å².